The predicted octanol–water partition coefficient (Wildman–Crippen LogP) is 2.80. The van der Waals surface area contributed by atoms with Gasteiger partial charge in [-0.1, -0.05) is 12.1 Å². The van der Waals surface area contributed by atoms with Gasteiger partial charge in [0.2, 0.25) is 5.91 Å². The van der Waals surface area contributed by atoms with E-state index in [9.17, 15) is 18.0 Å². The Labute approximate surface area is 179 Å². The van der Waals surface area contributed by atoms with Gasteiger partial charge in [0.1, 0.15) is 6.10 Å². The van der Waals surface area contributed by atoms with Gasteiger partial charge >= 0.3 is 6.18 Å². The number of benzene rings is 1. The Morgan fingerprint density at radius 3 is 2.75 bits per heavy atom. The second-order valence-corrected chi connectivity index (χ2v) is 6.15. The van der Waals surface area contributed by atoms with E-state index in [4.69, 9.17) is 4.74 Å². The van der Waals surface area contributed by atoms with Crippen molar-refractivity contribution in [2.24, 2.45) is 4.99 Å². The third kappa shape index (κ3) is 7.46. The largest absolute Gasteiger partial charge is 0.416 e. The molecule has 0 aliphatic carbocycles. The lowest BCUT2D eigenvalue weighted by atomic mass is 10.0. The number of amides is 1. The molecule has 1 fully saturated rings. The normalized spacial score (nSPS) is 17.7. The minimum atomic E-state index is -4.38. The third-order valence-corrected chi connectivity index (χ3v) is 4.03. The molecule has 1 heterocycles. The molecule has 1 aliphatic heterocycles. The Hall–Kier alpha value is -1.56. The van der Waals surface area contributed by atoms with Crippen molar-refractivity contribution >= 4 is 35.8 Å². The highest BCUT2D eigenvalue weighted by atomic mass is 127. The fourth-order valence-electron chi connectivity index (χ4n) is 2.78. The van der Waals surface area contributed by atoms with Gasteiger partial charge in [-0.2, -0.15) is 13.2 Å². The summed E-state index contributed by atoms with van der Waals surface area (Å²) >= 11 is 0. The molecule has 0 aromatic heterocycles. The van der Waals surface area contributed by atoms with E-state index in [0.717, 1.165) is 12.1 Å². The average Bonchev–Trinajstić information content (AvgIpc) is 2.63. The molecule has 0 spiro atoms. The molecule has 1 aliphatic rings. The molecular weight excluding hydrogens is 488 g/mol. The number of nitrogens with zero attached hydrogens (tertiary/aromatic N) is 2. The lowest BCUT2D eigenvalue weighted by Crippen LogP contribution is -2.48. The lowest BCUT2D eigenvalue weighted by Gasteiger charge is -2.35. The Morgan fingerprint density at radius 1 is 1.36 bits per heavy atom. The predicted molar refractivity (Wildman–Crippen MR) is 112 cm³/mol. The van der Waals surface area contributed by atoms with Crippen molar-refractivity contribution in [2.75, 3.05) is 39.3 Å². The van der Waals surface area contributed by atoms with E-state index < -0.39 is 17.8 Å². The molecule has 1 saturated heterocycles. The number of rotatable bonds is 5. The molecule has 1 amide bonds. The molecule has 1 aromatic carbocycles. The number of nitrogens with one attached hydrogen (secondary N) is 2. The lowest BCUT2D eigenvalue weighted by molar-refractivity contribution is -0.137. The number of carbonyl (C=O) groups is 1. The molecule has 1 atom stereocenters. The topological polar surface area (TPSA) is 66.0 Å². The molecule has 0 bridgehead atoms. The summed E-state index contributed by atoms with van der Waals surface area (Å²) in [6, 6.07) is 5.23. The maximum absolute atomic E-state index is 13.0. The Kier molecular flexibility index (Phi) is 10.0. The zero-order valence-corrected chi connectivity index (χ0v) is 18.2. The number of halogens is 4. The van der Waals surface area contributed by atoms with Gasteiger partial charge in [0.15, 0.2) is 5.96 Å². The van der Waals surface area contributed by atoms with Crippen LogP contribution in [0.2, 0.25) is 0 Å². The number of aliphatic imine (C=N–C) groups is 1. The van der Waals surface area contributed by atoms with E-state index in [1.807, 2.05) is 11.8 Å². The smallest absolute Gasteiger partial charge is 0.370 e. The molecule has 6 nitrogen and oxygen atoms in total. The SMILES string of the molecule is CCNC(=NCCNC(C)=O)N1CCOC(c2cccc(C(F)(F)F)c2)C1.I. The van der Waals surface area contributed by atoms with Gasteiger partial charge in [0.05, 0.1) is 25.3 Å². The van der Waals surface area contributed by atoms with Crippen LogP contribution >= 0.6 is 24.0 Å². The Morgan fingerprint density at radius 2 is 2.11 bits per heavy atom. The van der Waals surface area contributed by atoms with Crippen LogP contribution < -0.4 is 10.6 Å². The first kappa shape index (κ1) is 24.5. The molecule has 1 unspecified atom stereocenters. The summed E-state index contributed by atoms with van der Waals surface area (Å²) in [6.07, 6.45) is -4.86. The summed E-state index contributed by atoms with van der Waals surface area (Å²) in [5, 5.41) is 5.85. The van der Waals surface area contributed by atoms with E-state index >= 15 is 0 Å². The van der Waals surface area contributed by atoms with Crippen LogP contribution in [-0.2, 0) is 15.7 Å². The van der Waals surface area contributed by atoms with Crippen LogP contribution in [0.3, 0.4) is 0 Å². The molecule has 158 valence electrons. The maximum Gasteiger partial charge on any atom is 0.416 e. The summed E-state index contributed by atoms with van der Waals surface area (Å²) in [5.41, 5.74) is -0.194. The van der Waals surface area contributed by atoms with Crippen molar-refractivity contribution in [2.45, 2.75) is 26.1 Å². The van der Waals surface area contributed by atoms with E-state index in [-0.39, 0.29) is 29.9 Å². The van der Waals surface area contributed by atoms with Crippen molar-refractivity contribution in [3.05, 3.63) is 35.4 Å². The highest BCUT2D eigenvalue weighted by Crippen LogP contribution is 2.32. The number of hydrogen-bond donors (Lipinski definition) is 2. The minimum absolute atomic E-state index is 0. The molecule has 0 radical (unpaired) electrons. The fourth-order valence-corrected chi connectivity index (χ4v) is 2.78. The van der Waals surface area contributed by atoms with Crippen LogP contribution in [0.25, 0.3) is 0 Å². The Bertz CT molecular complexity index is 670. The van der Waals surface area contributed by atoms with Crippen molar-refractivity contribution in [3.63, 3.8) is 0 Å². The number of alkyl halides is 3. The van der Waals surface area contributed by atoms with Gasteiger partial charge in [0, 0.05) is 26.6 Å². The zero-order valence-electron chi connectivity index (χ0n) is 15.9. The van der Waals surface area contributed by atoms with Gasteiger partial charge in [-0.25, -0.2) is 0 Å². The number of carbonyl (C=O) groups excluding carboxylic acids is 1. The summed E-state index contributed by atoms with van der Waals surface area (Å²) in [6.45, 7) is 6.24. The zero-order chi connectivity index (χ0) is 19.9. The molecule has 1 aromatic rings. The van der Waals surface area contributed by atoms with Crippen LogP contribution in [0.1, 0.15) is 31.1 Å². The van der Waals surface area contributed by atoms with Crippen LogP contribution in [0.4, 0.5) is 13.2 Å². The summed E-state index contributed by atoms with van der Waals surface area (Å²) < 4.78 is 44.6. The van der Waals surface area contributed by atoms with Crippen LogP contribution in [0.15, 0.2) is 29.3 Å². The van der Waals surface area contributed by atoms with E-state index in [0.29, 0.717) is 50.9 Å². The van der Waals surface area contributed by atoms with Gasteiger partial charge in [0.25, 0.3) is 0 Å². The van der Waals surface area contributed by atoms with Crippen LogP contribution in [-0.4, -0.2) is 56.1 Å². The highest BCUT2D eigenvalue weighted by molar-refractivity contribution is 14.0. The van der Waals surface area contributed by atoms with Gasteiger partial charge in [-0.05, 0) is 24.6 Å². The van der Waals surface area contributed by atoms with Gasteiger partial charge in [-0.15, -0.1) is 24.0 Å². The first-order valence-corrected chi connectivity index (χ1v) is 8.87. The van der Waals surface area contributed by atoms with E-state index in [1.54, 1.807) is 6.07 Å². The fraction of sp³-hybridized carbons (Fsp3) is 0.556. The van der Waals surface area contributed by atoms with Gasteiger partial charge < -0.3 is 20.3 Å². The summed E-state index contributed by atoms with van der Waals surface area (Å²) in [4.78, 5) is 17.4. The van der Waals surface area contributed by atoms with Crippen LogP contribution in [0.5, 0.6) is 0 Å². The number of morpholine rings is 1. The average molecular weight is 514 g/mol. The maximum atomic E-state index is 13.0. The molecule has 2 rings (SSSR count). The summed E-state index contributed by atoms with van der Waals surface area (Å²) in [5.74, 6) is 0.536. The summed E-state index contributed by atoms with van der Waals surface area (Å²) in [7, 11) is 0. The minimum Gasteiger partial charge on any atom is -0.370 e. The molecular formula is C18H26F3IN4O2. The molecule has 2 N–H and O–H groups in total. The Balaban J connectivity index is 0.00000392. The van der Waals surface area contributed by atoms with Crippen LogP contribution in [0, 0.1) is 0 Å². The number of ether oxygens (including phenoxy) is 1. The highest BCUT2D eigenvalue weighted by Gasteiger charge is 2.32. The van der Waals surface area contributed by atoms with Crippen molar-refractivity contribution in [1.82, 2.24) is 15.5 Å². The molecule has 10 heteroatoms. The van der Waals surface area contributed by atoms with Crippen molar-refractivity contribution < 1.29 is 22.7 Å². The van der Waals surface area contributed by atoms with E-state index in [1.165, 1.54) is 13.0 Å². The number of guanidine groups is 1. The molecule has 0 saturated carbocycles. The quantitative estimate of drug-likeness (QED) is 0.275. The van der Waals surface area contributed by atoms with Crippen molar-refractivity contribution in [3.8, 4) is 0 Å². The first-order chi connectivity index (χ1) is 12.8. The third-order valence-electron chi connectivity index (χ3n) is 4.03. The van der Waals surface area contributed by atoms with Crippen molar-refractivity contribution in [1.29, 1.82) is 0 Å². The second-order valence-electron chi connectivity index (χ2n) is 6.15. The standard InChI is InChI=1S/C18H25F3N4O2.HI/c1-3-22-17(24-8-7-23-13(2)26)25-9-10-27-16(12-25)14-5-4-6-15(11-14)18(19,20)21;/h4-6,11,16H,3,7-10,12H2,1-2H3,(H,22,24)(H,23,26);1H. The number of hydrogen-bond acceptors (Lipinski definition) is 3. The second kappa shape index (κ2) is 11.4. The van der Waals surface area contributed by atoms with Gasteiger partial charge in [-0.3, -0.25) is 9.79 Å². The van der Waals surface area contributed by atoms with E-state index in [2.05, 4.69) is 15.6 Å². The molecule has 28 heavy (non-hydrogen) atoms. The monoisotopic (exact) mass is 514 g/mol. The first-order valence-electron chi connectivity index (χ1n) is 8.87.